The van der Waals surface area contributed by atoms with E-state index in [2.05, 4.69) is 4.72 Å². The Hall–Kier alpha value is -1.56. The van der Waals surface area contributed by atoms with Gasteiger partial charge < -0.3 is 4.90 Å². The Labute approximate surface area is 132 Å². The summed E-state index contributed by atoms with van der Waals surface area (Å²) in [7, 11) is -3.39. The van der Waals surface area contributed by atoms with E-state index in [-0.39, 0.29) is 11.7 Å². The molecule has 1 heterocycles. The van der Waals surface area contributed by atoms with Crippen molar-refractivity contribution in [1.82, 2.24) is 4.90 Å². The average Bonchev–Trinajstić information content (AvgIpc) is 2.46. The van der Waals surface area contributed by atoms with Gasteiger partial charge >= 0.3 is 0 Å². The van der Waals surface area contributed by atoms with Gasteiger partial charge in [0.1, 0.15) is 0 Å². The standard InChI is InChI=1S/C16H24N2O3S/c1-2-22(20,21)17-15-11-7-6-10-14(15)16(19)18-12-8-4-3-5-9-13-18/h6-7,10-11,17H,2-5,8-9,12-13H2,1H3. The molecule has 1 aromatic rings. The quantitative estimate of drug-likeness (QED) is 0.926. The lowest BCUT2D eigenvalue weighted by Gasteiger charge is -2.25. The van der Waals surface area contributed by atoms with Crippen molar-refractivity contribution < 1.29 is 13.2 Å². The number of rotatable bonds is 4. The fraction of sp³-hybridized carbons (Fsp3) is 0.562. The van der Waals surface area contributed by atoms with E-state index < -0.39 is 10.0 Å². The number of nitrogens with zero attached hydrogens (tertiary/aromatic N) is 1. The molecular weight excluding hydrogens is 300 g/mol. The molecule has 1 fully saturated rings. The third-order valence-corrected chi connectivity index (χ3v) is 5.24. The van der Waals surface area contributed by atoms with Crippen LogP contribution in [0.4, 0.5) is 5.69 Å². The summed E-state index contributed by atoms with van der Waals surface area (Å²) in [5, 5.41) is 0. The molecule has 122 valence electrons. The Bertz CT molecular complexity index is 606. The van der Waals surface area contributed by atoms with Gasteiger partial charge in [-0.25, -0.2) is 8.42 Å². The summed E-state index contributed by atoms with van der Waals surface area (Å²) >= 11 is 0. The van der Waals surface area contributed by atoms with Crippen LogP contribution < -0.4 is 4.72 Å². The molecule has 5 nitrogen and oxygen atoms in total. The Kier molecular flexibility index (Phi) is 5.83. The van der Waals surface area contributed by atoms with Crippen LogP contribution in [-0.4, -0.2) is 38.1 Å². The lowest BCUT2D eigenvalue weighted by atomic mass is 10.1. The number of carbonyl (C=O) groups is 1. The molecule has 1 N–H and O–H groups in total. The lowest BCUT2D eigenvalue weighted by molar-refractivity contribution is 0.0743. The number of sulfonamides is 1. The number of carbonyl (C=O) groups excluding carboxylic acids is 1. The van der Waals surface area contributed by atoms with Crippen LogP contribution in [0.15, 0.2) is 24.3 Å². The Morgan fingerprint density at radius 2 is 1.68 bits per heavy atom. The molecule has 22 heavy (non-hydrogen) atoms. The third kappa shape index (κ3) is 4.47. The number of amides is 1. The lowest BCUT2D eigenvalue weighted by Crippen LogP contribution is -2.34. The molecule has 6 heteroatoms. The van der Waals surface area contributed by atoms with Crippen molar-refractivity contribution in [2.75, 3.05) is 23.6 Å². The van der Waals surface area contributed by atoms with Crippen LogP contribution in [0.2, 0.25) is 0 Å². The predicted octanol–water partition coefficient (Wildman–Crippen LogP) is 2.85. The molecule has 1 aromatic carbocycles. The number of hydrogen-bond donors (Lipinski definition) is 1. The molecule has 0 saturated carbocycles. The topological polar surface area (TPSA) is 66.5 Å². The maximum Gasteiger partial charge on any atom is 0.255 e. The van der Waals surface area contributed by atoms with Gasteiger partial charge in [0, 0.05) is 13.1 Å². The molecule has 1 aliphatic heterocycles. The van der Waals surface area contributed by atoms with Gasteiger partial charge in [0.15, 0.2) is 0 Å². The molecular formula is C16H24N2O3S. The highest BCUT2D eigenvalue weighted by molar-refractivity contribution is 7.92. The van der Waals surface area contributed by atoms with Gasteiger partial charge in [-0.15, -0.1) is 0 Å². The largest absolute Gasteiger partial charge is 0.339 e. The first-order valence-corrected chi connectivity index (χ1v) is 9.57. The van der Waals surface area contributed by atoms with Crippen LogP contribution in [0.3, 0.4) is 0 Å². The second-order valence-corrected chi connectivity index (χ2v) is 7.62. The Morgan fingerprint density at radius 1 is 1.09 bits per heavy atom. The average molecular weight is 324 g/mol. The van der Waals surface area contributed by atoms with E-state index in [1.54, 1.807) is 31.2 Å². The normalized spacial score (nSPS) is 16.7. The van der Waals surface area contributed by atoms with Crippen molar-refractivity contribution in [3.05, 3.63) is 29.8 Å². The second-order valence-electron chi connectivity index (χ2n) is 5.61. The van der Waals surface area contributed by atoms with Gasteiger partial charge in [0.2, 0.25) is 10.0 Å². The number of hydrogen-bond acceptors (Lipinski definition) is 3. The maximum atomic E-state index is 12.8. The summed E-state index contributed by atoms with van der Waals surface area (Å²) in [6, 6.07) is 6.83. The fourth-order valence-electron chi connectivity index (χ4n) is 2.62. The molecule has 0 radical (unpaired) electrons. The number of nitrogens with one attached hydrogen (secondary N) is 1. The summed E-state index contributed by atoms with van der Waals surface area (Å²) in [6.07, 6.45) is 5.54. The van der Waals surface area contributed by atoms with E-state index in [4.69, 9.17) is 0 Å². The molecule has 0 atom stereocenters. The van der Waals surface area contributed by atoms with Crippen molar-refractivity contribution >= 4 is 21.6 Å². The fourth-order valence-corrected chi connectivity index (χ4v) is 3.28. The Morgan fingerprint density at radius 3 is 2.32 bits per heavy atom. The van der Waals surface area contributed by atoms with E-state index >= 15 is 0 Å². The minimum absolute atomic E-state index is 0.0146. The van der Waals surface area contributed by atoms with Crippen LogP contribution in [0.25, 0.3) is 0 Å². The van der Waals surface area contributed by atoms with Crippen LogP contribution in [0.1, 0.15) is 49.4 Å². The van der Waals surface area contributed by atoms with E-state index in [0.717, 1.165) is 38.8 Å². The zero-order valence-corrected chi connectivity index (χ0v) is 13.9. The van der Waals surface area contributed by atoms with Gasteiger partial charge in [0.25, 0.3) is 5.91 Å². The van der Waals surface area contributed by atoms with Crippen molar-refractivity contribution in [3.63, 3.8) is 0 Å². The third-order valence-electron chi connectivity index (χ3n) is 3.95. The van der Waals surface area contributed by atoms with Gasteiger partial charge in [-0.2, -0.15) is 0 Å². The number of para-hydroxylation sites is 1. The predicted molar refractivity (Wildman–Crippen MR) is 88.5 cm³/mol. The first-order valence-electron chi connectivity index (χ1n) is 7.92. The first kappa shape index (κ1) is 16.8. The summed E-state index contributed by atoms with van der Waals surface area (Å²) in [5.74, 6) is -0.101. The molecule has 0 aliphatic carbocycles. The summed E-state index contributed by atoms with van der Waals surface area (Å²) < 4.78 is 26.1. The van der Waals surface area contributed by atoms with Crippen LogP contribution in [0, 0.1) is 0 Å². The molecule has 0 aromatic heterocycles. The van der Waals surface area contributed by atoms with E-state index in [1.165, 1.54) is 6.42 Å². The van der Waals surface area contributed by atoms with Gasteiger partial charge in [-0.3, -0.25) is 9.52 Å². The Balaban J connectivity index is 2.21. The van der Waals surface area contributed by atoms with E-state index in [1.807, 2.05) is 4.90 Å². The molecule has 0 bridgehead atoms. The minimum atomic E-state index is -3.39. The van der Waals surface area contributed by atoms with Crippen LogP contribution in [-0.2, 0) is 10.0 Å². The van der Waals surface area contributed by atoms with Crippen LogP contribution >= 0.6 is 0 Å². The highest BCUT2D eigenvalue weighted by atomic mass is 32.2. The molecule has 1 aliphatic rings. The van der Waals surface area contributed by atoms with Crippen LogP contribution in [0.5, 0.6) is 0 Å². The van der Waals surface area contributed by atoms with Gasteiger partial charge in [-0.1, -0.05) is 31.4 Å². The zero-order chi connectivity index (χ0) is 16.0. The number of benzene rings is 1. The summed E-state index contributed by atoms with van der Waals surface area (Å²) in [5.41, 5.74) is 0.802. The SMILES string of the molecule is CCS(=O)(=O)Nc1ccccc1C(=O)N1CCCCCCC1. The van der Waals surface area contributed by atoms with E-state index in [0.29, 0.717) is 11.3 Å². The molecule has 0 spiro atoms. The summed E-state index contributed by atoms with van der Waals surface area (Å²) in [6.45, 7) is 3.06. The van der Waals surface area contributed by atoms with Gasteiger partial charge in [0.05, 0.1) is 17.0 Å². The highest BCUT2D eigenvalue weighted by Gasteiger charge is 2.20. The smallest absolute Gasteiger partial charge is 0.255 e. The zero-order valence-electron chi connectivity index (χ0n) is 13.0. The van der Waals surface area contributed by atoms with Gasteiger partial charge in [-0.05, 0) is 31.9 Å². The monoisotopic (exact) mass is 324 g/mol. The first-order chi connectivity index (χ1) is 10.5. The van der Waals surface area contributed by atoms with Crippen molar-refractivity contribution in [2.24, 2.45) is 0 Å². The number of likely N-dealkylation sites (tertiary alicyclic amines) is 1. The second kappa shape index (κ2) is 7.63. The molecule has 1 saturated heterocycles. The highest BCUT2D eigenvalue weighted by Crippen LogP contribution is 2.20. The van der Waals surface area contributed by atoms with E-state index in [9.17, 15) is 13.2 Å². The van der Waals surface area contributed by atoms with Crippen molar-refractivity contribution in [2.45, 2.75) is 39.0 Å². The summed E-state index contributed by atoms with van der Waals surface area (Å²) in [4.78, 5) is 14.6. The molecule has 1 amide bonds. The maximum absolute atomic E-state index is 12.8. The van der Waals surface area contributed by atoms with Crippen molar-refractivity contribution in [3.8, 4) is 0 Å². The minimum Gasteiger partial charge on any atom is -0.339 e. The number of anilines is 1. The van der Waals surface area contributed by atoms with Crippen molar-refractivity contribution in [1.29, 1.82) is 0 Å². The molecule has 2 rings (SSSR count). The molecule has 0 unspecified atom stereocenters.